The van der Waals surface area contributed by atoms with Crippen molar-refractivity contribution in [2.24, 2.45) is 0 Å². The van der Waals surface area contributed by atoms with E-state index in [2.05, 4.69) is 0 Å². The van der Waals surface area contributed by atoms with Crippen LogP contribution in [0.25, 0.3) is 0 Å². The average molecular weight is 286 g/mol. The van der Waals surface area contributed by atoms with E-state index in [-0.39, 0.29) is 24.3 Å². The molecule has 0 aromatic rings. The van der Waals surface area contributed by atoms with Crippen LogP contribution in [-0.4, -0.2) is 58.5 Å². The molecule has 2 amide bonds. The fourth-order valence-electron chi connectivity index (χ4n) is 2.39. The molecular formula is C12H18N2O4S. The Morgan fingerprint density at radius 2 is 2.21 bits per heavy atom. The lowest BCUT2D eigenvalue weighted by molar-refractivity contribution is -0.150. The number of rotatable bonds is 5. The first-order valence-corrected chi connectivity index (χ1v) is 7.19. The van der Waals surface area contributed by atoms with Crippen LogP contribution >= 0.6 is 11.9 Å². The van der Waals surface area contributed by atoms with Gasteiger partial charge in [-0.2, -0.15) is 0 Å². The fraction of sp³-hybridized carbons (Fsp3) is 0.750. The summed E-state index contributed by atoms with van der Waals surface area (Å²) in [5, 5.41) is -0.425. The second kappa shape index (κ2) is 6.02. The van der Waals surface area contributed by atoms with E-state index in [1.54, 1.807) is 6.92 Å². The van der Waals surface area contributed by atoms with E-state index in [9.17, 15) is 14.4 Å². The van der Waals surface area contributed by atoms with Gasteiger partial charge in [0.2, 0.25) is 11.8 Å². The predicted molar refractivity (Wildman–Crippen MR) is 70.1 cm³/mol. The van der Waals surface area contributed by atoms with Gasteiger partial charge in [-0.25, -0.2) is 4.31 Å². The SMILES string of the molecule is COC(C)N1C(=O)CC(SN2CCC[C@H]2C=O)C1=O. The van der Waals surface area contributed by atoms with Gasteiger partial charge in [0.15, 0.2) is 0 Å². The molecule has 2 unspecified atom stereocenters. The number of hydrogen-bond donors (Lipinski definition) is 0. The van der Waals surface area contributed by atoms with Gasteiger partial charge in [-0.3, -0.25) is 14.5 Å². The highest BCUT2D eigenvalue weighted by Gasteiger charge is 2.43. The van der Waals surface area contributed by atoms with Crippen molar-refractivity contribution in [3.05, 3.63) is 0 Å². The van der Waals surface area contributed by atoms with E-state index in [0.29, 0.717) is 0 Å². The highest BCUT2D eigenvalue weighted by atomic mass is 32.2. The molecule has 2 saturated heterocycles. The van der Waals surface area contributed by atoms with Crippen LogP contribution in [0.4, 0.5) is 0 Å². The molecule has 0 aromatic heterocycles. The molecule has 2 aliphatic rings. The number of ether oxygens (including phenoxy) is 1. The molecule has 0 saturated carbocycles. The van der Waals surface area contributed by atoms with E-state index in [1.165, 1.54) is 24.0 Å². The number of carbonyl (C=O) groups is 3. The lowest BCUT2D eigenvalue weighted by atomic mass is 10.2. The molecular weight excluding hydrogens is 268 g/mol. The number of likely N-dealkylation sites (tertiary alicyclic amines) is 1. The molecule has 0 bridgehead atoms. The lowest BCUT2D eigenvalue weighted by Gasteiger charge is -2.23. The Labute approximate surface area is 116 Å². The molecule has 0 N–H and O–H groups in total. The normalized spacial score (nSPS) is 30.1. The van der Waals surface area contributed by atoms with Crippen molar-refractivity contribution in [1.29, 1.82) is 0 Å². The Bertz CT molecular complexity index is 390. The molecule has 19 heavy (non-hydrogen) atoms. The summed E-state index contributed by atoms with van der Waals surface area (Å²) < 4.78 is 6.96. The fourth-order valence-corrected chi connectivity index (χ4v) is 3.68. The zero-order chi connectivity index (χ0) is 14.0. The Hall–Kier alpha value is -0.920. The van der Waals surface area contributed by atoms with Gasteiger partial charge in [0.05, 0.1) is 6.04 Å². The molecule has 2 aliphatic heterocycles. The maximum absolute atomic E-state index is 12.2. The van der Waals surface area contributed by atoms with E-state index < -0.39 is 11.5 Å². The van der Waals surface area contributed by atoms with Crippen molar-refractivity contribution in [2.45, 2.75) is 43.7 Å². The van der Waals surface area contributed by atoms with Gasteiger partial charge in [-0.15, -0.1) is 0 Å². The van der Waals surface area contributed by atoms with Crippen LogP contribution < -0.4 is 0 Å². The number of methoxy groups -OCH3 is 1. The third-order valence-corrected chi connectivity index (χ3v) is 4.86. The highest BCUT2D eigenvalue weighted by Crippen LogP contribution is 2.33. The summed E-state index contributed by atoms with van der Waals surface area (Å²) in [5.41, 5.74) is 0. The quantitative estimate of drug-likeness (QED) is 0.414. The molecule has 0 aliphatic carbocycles. The molecule has 7 heteroatoms. The Morgan fingerprint density at radius 3 is 2.84 bits per heavy atom. The topological polar surface area (TPSA) is 66.9 Å². The molecule has 2 rings (SSSR count). The minimum Gasteiger partial charge on any atom is -0.361 e. The second-order valence-electron chi connectivity index (χ2n) is 4.72. The van der Waals surface area contributed by atoms with Gasteiger partial charge < -0.3 is 9.53 Å². The van der Waals surface area contributed by atoms with Gasteiger partial charge in [0.25, 0.3) is 0 Å². The maximum atomic E-state index is 12.2. The van der Waals surface area contributed by atoms with Crippen molar-refractivity contribution < 1.29 is 19.1 Å². The van der Waals surface area contributed by atoms with Crippen LogP contribution in [0.2, 0.25) is 0 Å². The van der Waals surface area contributed by atoms with Crippen LogP contribution in [-0.2, 0) is 19.1 Å². The number of amides is 2. The molecule has 2 fully saturated rings. The summed E-state index contributed by atoms with van der Waals surface area (Å²) in [4.78, 5) is 36.1. The van der Waals surface area contributed by atoms with E-state index in [1.807, 2.05) is 4.31 Å². The minimum atomic E-state index is -0.536. The van der Waals surface area contributed by atoms with E-state index in [4.69, 9.17) is 4.74 Å². The summed E-state index contributed by atoms with van der Waals surface area (Å²) in [6.45, 7) is 2.46. The van der Waals surface area contributed by atoms with Gasteiger partial charge in [0.1, 0.15) is 17.8 Å². The van der Waals surface area contributed by atoms with Gasteiger partial charge in [0, 0.05) is 20.1 Å². The van der Waals surface area contributed by atoms with Gasteiger partial charge in [-0.1, -0.05) is 11.9 Å². The first-order chi connectivity index (χ1) is 9.08. The summed E-state index contributed by atoms with van der Waals surface area (Å²) in [7, 11) is 1.47. The summed E-state index contributed by atoms with van der Waals surface area (Å²) in [6, 6.07) is -0.137. The number of carbonyl (C=O) groups excluding carboxylic acids is 3. The van der Waals surface area contributed by atoms with Crippen molar-refractivity contribution in [3.63, 3.8) is 0 Å². The second-order valence-corrected chi connectivity index (χ2v) is 5.97. The molecule has 0 spiro atoms. The van der Waals surface area contributed by atoms with E-state index >= 15 is 0 Å². The van der Waals surface area contributed by atoms with Gasteiger partial charge >= 0.3 is 0 Å². The van der Waals surface area contributed by atoms with Crippen molar-refractivity contribution in [3.8, 4) is 0 Å². The summed E-state index contributed by atoms with van der Waals surface area (Å²) >= 11 is 1.33. The molecule has 106 valence electrons. The van der Waals surface area contributed by atoms with Crippen molar-refractivity contribution in [1.82, 2.24) is 9.21 Å². The Morgan fingerprint density at radius 1 is 1.47 bits per heavy atom. The maximum Gasteiger partial charge on any atom is 0.246 e. The standard InChI is InChI=1S/C12H18N2O4S/c1-8(18-2)14-11(16)6-10(12(14)17)19-13-5-3-4-9(13)7-15/h7-10H,3-6H2,1-2H3/t8?,9-,10?/m0/s1. The third-order valence-electron chi connectivity index (χ3n) is 3.51. The highest BCUT2D eigenvalue weighted by molar-refractivity contribution is 7.98. The van der Waals surface area contributed by atoms with Crippen LogP contribution in [0, 0.1) is 0 Å². The largest absolute Gasteiger partial charge is 0.361 e. The van der Waals surface area contributed by atoms with Crippen molar-refractivity contribution >= 4 is 30.0 Å². The van der Waals surface area contributed by atoms with Crippen LogP contribution in [0.15, 0.2) is 0 Å². The Kier molecular flexibility index (Phi) is 4.59. The van der Waals surface area contributed by atoms with Crippen LogP contribution in [0.5, 0.6) is 0 Å². The first kappa shape index (κ1) is 14.5. The lowest BCUT2D eigenvalue weighted by Crippen LogP contribution is -2.40. The molecule has 0 radical (unpaired) electrons. The van der Waals surface area contributed by atoms with E-state index in [0.717, 1.165) is 25.7 Å². The van der Waals surface area contributed by atoms with Gasteiger partial charge in [-0.05, 0) is 19.8 Å². The van der Waals surface area contributed by atoms with Crippen LogP contribution in [0.3, 0.4) is 0 Å². The average Bonchev–Trinajstić information content (AvgIpc) is 2.94. The molecule has 2 heterocycles. The molecule has 3 atom stereocenters. The zero-order valence-corrected chi connectivity index (χ0v) is 11.9. The molecule has 0 aromatic carbocycles. The zero-order valence-electron chi connectivity index (χ0n) is 11.1. The summed E-state index contributed by atoms with van der Waals surface area (Å²) in [5.74, 6) is -0.431. The monoisotopic (exact) mass is 286 g/mol. The molecule has 6 nitrogen and oxygen atoms in total. The predicted octanol–water partition coefficient (Wildman–Crippen LogP) is 0.418. The van der Waals surface area contributed by atoms with Crippen LogP contribution in [0.1, 0.15) is 26.2 Å². The number of nitrogens with zero attached hydrogens (tertiary/aromatic N) is 2. The smallest absolute Gasteiger partial charge is 0.246 e. The third kappa shape index (κ3) is 2.82. The summed E-state index contributed by atoms with van der Waals surface area (Å²) in [6.07, 6.45) is 2.33. The number of hydrogen-bond acceptors (Lipinski definition) is 6. The number of imide groups is 1. The van der Waals surface area contributed by atoms with Crippen molar-refractivity contribution in [2.75, 3.05) is 13.7 Å². The first-order valence-electron chi connectivity index (χ1n) is 6.36. The Balaban J connectivity index is 2.01. The minimum absolute atomic E-state index is 0.137. The number of aldehydes is 1.